The molecular formula is C15H22N2O5S. The molecule has 0 spiro atoms. The molecular weight excluding hydrogens is 320 g/mol. The van der Waals surface area contributed by atoms with Crippen molar-refractivity contribution in [2.75, 3.05) is 37.4 Å². The van der Waals surface area contributed by atoms with Crippen molar-refractivity contribution in [2.24, 2.45) is 0 Å². The Morgan fingerprint density at radius 1 is 1.22 bits per heavy atom. The van der Waals surface area contributed by atoms with Gasteiger partial charge in [-0.25, -0.2) is 8.42 Å². The quantitative estimate of drug-likeness (QED) is 0.529. The highest BCUT2D eigenvalue weighted by molar-refractivity contribution is 7.92. The molecule has 1 N–H and O–H groups in total. The van der Waals surface area contributed by atoms with Crippen LogP contribution in [-0.4, -0.2) is 53.2 Å². The van der Waals surface area contributed by atoms with E-state index in [-0.39, 0.29) is 24.7 Å². The Kier molecular flexibility index (Phi) is 7.18. The highest BCUT2D eigenvalue weighted by Gasteiger charge is 2.18. The SMILES string of the molecule is COCCNC(=O)CCN(c1ccc(C(C)=O)cc1)S(C)(=O)=O. The summed E-state index contributed by atoms with van der Waals surface area (Å²) in [7, 11) is -2.00. The standard InChI is InChI=1S/C15H22N2O5S/c1-12(18)13-4-6-14(7-5-13)17(23(3,20)21)10-8-15(19)16-9-11-22-2/h4-7H,8-11H2,1-3H3,(H,16,19). The molecule has 0 unspecified atom stereocenters. The first kappa shape index (κ1) is 19.1. The van der Waals surface area contributed by atoms with Crippen LogP contribution in [0.5, 0.6) is 0 Å². The van der Waals surface area contributed by atoms with E-state index in [0.29, 0.717) is 24.4 Å². The molecule has 0 aliphatic heterocycles. The Hall–Kier alpha value is -1.93. The van der Waals surface area contributed by atoms with Crippen LogP contribution in [0.25, 0.3) is 0 Å². The number of nitrogens with zero attached hydrogens (tertiary/aromatic N) is 1. The van der Waals surface area contributed by atoms with Gasteiger partial charge in [0.1, 0.15) is 0 Å². The van der Waals surface area contributed by atoms with E-state index in [4.69, 9.17) is 4.74 Å². The lowest BCUT2D eigenvalue weighted by Crippen LogP contribution is -2.35. The molecule has 128 valence electrons. The molecule has 0 saturated heterocycles. The van der Waals surface area contributed by atoms with Crippen molar-refractivity contribution in [1.82, 2.24) is 5.32 Å². The third-order valence-electron chi connectivity index (χ3n) is 3.13. The topological polar surface area (TPSA) is 92.8 Å². The van der Waals surface area contributed by atoms with E-state index in [1.54, 1.807) is 24.3 Å². The maximum atomic E-state index is 11.9. The fourth-order valence-corrected chi connectivity index (χ4v) is 2.86. The lowest BCUT2D eigenvalue weighted by atomic mass is 10.1. The molecule has 0 aromatic heterocycles. The summed E-state index contributed by atoms with van der Waals surface area (Å²) in [6, 6.07) is 6.24. The van der Waals surface area contributed by atoms with Gasteiger partial charge < -0.3 is 10.1 Å². The fraction of sp³-hybridized carbons (Fsp3) is 0.467. The molecule has 1 rings (SSSR count). The van der Waals surface area contributed by atoms with Gasteiger partial charge in [-0.05, 0) is 31.2 Å². The van der Waals surface area contributed by atoms with Crippen LogP contribution in [0.15, 0.2) is 24.3 Å². The number of carbonyl (C=O) groups excluding carboxylic acids is 2. The first-order valence-electron chi connectivity index (χ1n) is 7.10. The molecule has 0 bridgehead atoms. The van der Waals surface area contributed by atoms with Gasteiger partial charge in [0.25, 0.3) is 0 Å². The zero-order valence-electron chi connectivity index (χ0n) is 13.5. The van der Waals surface area contributed by atoms with Gasteiger partial charge >= 0.3 is 0 Å². The van der Waals surface area contributed by atoms with Crippen LogP contribution in [0.4, 0.5) is 5.69 Å². The number of hydrogen-bond acceptors (Lipinski definition) is 5. The van der Waals surface area contributed by atoms with Crippen molar-refractivity contribution in [1.29, 1.82) is 0 Å². The maximum Gasteiger partial charge on any atom is 0.232 e. The molecule has 0 aliphatic carbocycles. The van der Waals surface area contributed by atoms with Crippen LogP contribution in [-0.2, 0) is 19.6 Å². The molecule has 0 heterocycles. The van der Waals surface area contributed by atoms with E-state index in [1.165, 1.54) is 14.0 Å². The predicted octanol–water partition coefficient (Wildman–Crippen LogP) is 0.808. The number of amides is 1. The van der Waals surface area contributed by atoms with Gasteiger partial charge in [-0.15, -0.1) is 0 Å². The van der Waals surface area contributed by atoms with Crippen LogP contribution < -0.4 is 9.62 Å². The van der Waals surface area contributed by atoms with E-state index in [0.717, 1.165) is 10.6 Å². The summed E-state index contributed by atoms with van der Waals surface area (Å²) < 4.78 is 29.8. The Balaban J connectivity index is 2.78. The Morgan fingerprint density at radius 2 is 1.83 bits per heavy atom. The van der Waals surface area contributed by atoms with Crippen LogP contribution in [0.3, 0.4) is 0 Å². The van der Waals surface area contributed by atoms with Crippen molar-refractivity contribution in [3.05, 3.63) is 29.8 Å². The molecule has 0 atom stereocenters. The predicted molar refractivity (Wildman–Crippen MR) is 88.1 cm³/mol. The molecule has 0 saturated carbocycles. The van der Waals surface area contributed by atoms with Crippen LogP contribution in [0.1, 0.15) is 23.7 Å². The van der Waals surface area contributed by atoms with E-state index in [2.05, 4.69) is 5.32 Å². The third-order valence-corrected chi connectivity index (χ3v) is 4.33. The largest absolute Gasteiger partial charge is 0.383 e. The van der Waals surface area contributed by atoms with Gasteiger partial charge in [-0.2, -0.15) is 0 Å². The summed E-state index contributed by atoms with van der Waals surface area (Å²) in [4.78, 5) is 23.0. The molecule has 0 aliphatic rings. The molecule has 1 amide bonds. The summed E-state index contributed by atoms with van der Waals surface area (Å²) in [6.07, 6.45) is 1.11. The number of ether oxygens (including phenoxy) is 1. The highest BCUT2D eigenvalue weighted by Crippen LogP contribution is 2.19. The lowest BCUT2D eigenvalue weighted by Gasteiger charge is -2.22. The van der Waals surface area contributed by atoms with Crippen molar-refractivity contribution >= 4 is 27.4 Å². The second-order valence-electron chi connectivity index (χ2n) is 5.03. The number of Topliss-reactive ketones (excluding diaryl/α,β-unsaturated/α-hetero) is 1. The molecule has 0 fully saturated rings. The van der Waals surface area contributed by atoms with Crippen molar-refractivity contribution in [3.63, 3.8) is 0 Å². The van der Waals surface area contributed by atoms with Crippen LogP contribution in [0, 0.1) is 0 Å². The van der Waals surface area contributed by atoms with E-state index < -0.39 is 10.0 Å². The number of nitrogens with one attached hydrogen (secondary N) is 1. The number of anilines is 1. The normalized spacial score (nSPS) is 11.1. The van der Waals surface area contributed by atoms with Gasteiger partial charge in [0.15, 0.2) is 5.78 Å². The lowest BCUT2D eigenvalue weighted by molar-refractivity contribution is -0.121. The minimum Gasteiger partial charge on any atom is -0.383 e. The van der Waals surface area contributed by atoms with Gasteiger partial charge in [0.2, 0.25) is 15.9 Å². The zero-order valence-corrected chi connectivity index (χ0v) is 14.4. The Bertz CT molecular complexity index is 640. The molecule has 8 heteroatoms. The molecule has 1 aromatic rings. The van der Waals surface area contributed by atoms with E-state index >= 15 is 0 Å². The first-order chi connectivity index (χ1) is 10.8. The summed E-state index contributed by atoms with van der Waals surface area (Å²) in [6.45, 7) is 2.24. The molecule has 0 radical (unpaired) electrons. The number of methoxy groups -OCH3 is 1. The van der Waals surface area contributed by atoms with E-state index in [9.17, 15) is 18.0 Å². The minimum atomic E-state index is -3.53. The molecule has 23 heavy (non-hydrogen) atoms. The number of rotatable bonds is 9. The second kappa shape index (κ2) is 8.64. The monoisotopic (exact) mass is 342 g/mol. The van der Waals surface area contributed by atoms with Gasteiger partial charge in [0.05, 0.1) is 18.6 Å². The second-order valence-corrected chi connectivity index (χ2v) is 6.94. The van der Waals surface area contributed by atoms with Crippen LogP contribution in [0.2, 0.25) is 0 Å². The average Bonchev–Trinajstić information content (AvgIpc) is 2.47. The Labute approximate surface area is 136 Å². The summed E-state index contributed by atoms with van der Waals surface area (Å²) in [5.41, 5.74) is 0.918. The average molecular weight is 342 g/mol. The molecule has 1 aromatic carbocycles. The first-order valence-corrected chi connectivity index (χ1v) is 8.95. The summed E-state index contributed by atoms with van der Waals surface area (Å²) in [5, 5.41) is 2.64. The smallest absolute Gasteiger partial charge is 0.232 e. The number of carbonyl (C=O) groups is 2. The molecule has 7 nitrogen and oxygen atoms in total. The third kappa shape index (κ3) is 6.37. The Morgan fingerprint density at radius 3 is 2.30 bits per heavy atom. The van der Waals surface area contributed by atoms with Crippen molar-refractivity contribution < 1.29 is 22.7 Å². The van der Waals surface area contributed by atoms with Gasteiger partial charge in [0, 0.05) is 32.2 Å². The minimum absolute atomic E-state index is 0.0249. The summed E-state index contributed by atoms with van der Waals surface area (Å²) in [5.74, 6) is -0.351. The number of benzene rings is 1. The van der Waals surface area contributed by atoms with Crippen LogP contribution >= 0.6 is 0 Å². The number of sulfonamides is 1. The highest BCUT2D eigenvalue weighted by atomic mass is 32.2. The zero-order chi connectivity index (χ0) is 17.5. The van der Waals surface area contributed by atoms with Crippen molar-refractivity contribution in [2.45, 2.75) is 13.3 Å². The van der Waals surface area contributed by atoms with Gasteiger partial charge in [-0.1, -0.05) is 0 Å². The van der Waals surface area contributed by atoms with E-state index in [1.807, 2.05) is 0 Å². The fourth-order valence-electron chi connectivity index (χ4n) is 1.93. The van der Waals surface area contributed by atoms with Gasteiger partial charge in [-0.3, -0.25) is 13.9 Å². The van der Waals surface area contributed by atoms with Crippen molar-refractivity contribution in [3.8, 4) is 0 Å². The number of hydrogen-bond donors (Lipinski definition) is 1. The number of ketones is 1. The maximum absolute atomic E-state index is 11.9. The summed E-state index contributed by atoms with van der Waals surface area (Å²) >= 11 is 0.